The van der Waals surface area contributed by atoms with Crippen molar-refractivity contribution >= 4 is 17.8 Å². The second-order valence-corrected chi connectivity index (χ2v) is 6.47. The van der Waals surface area contributed by atoms with Gasteiger partial charge in [0.25, 0.3) is 5.91 Å². The van der Waals surface area contributed by atoms with Crippen LogP contribution in [0.2, 0.25) is 0 Å². The summed E-state index contributed by atoms with van der Waals surface area (Å²) < 4.78 is 24.0. The van der Waals surface area contributed by atoms with E-state index in [-0.39, 0.29) is 23.4 Å². The highest BCUT2D eigenvalue weighted by atomic mass is 19.1. The second-order valence-electron chi connectivity index (χ2n) is 6.47. The lowest BCUT2D eigenvalue weighted by atomic mass is 9.98. The van der Waals surface area contributed by atoms with Crippen LogP contribution in [0.1, 0.15) is 25.7 Å². The monoisotopic (exact) mass is 372 g/mol. The van der Waals surface area contributed by atoms with Crippen molar-refractivity contribution in [2.75, 3.05) is 12.0 Å². The Hall–Kier alpha value is -3.23. The van der Waals surface area contributed by atoms with Gasteiger partial charge in [-0.25, -0.2) is 24.1 Å². The summed E-state index contributed by atoms with van der Waals surface area (Å²) in [7, 11) is 1.35. The molecule has 2 heterocycles. The molecule has 1 aromatic heterocycles. The number of nitrogens with one attached hydrogen (secondary N) is 1. The van der Waals surface area contributed by atoms with E-state index in [1.165, 1.54) is 37.7 Å². The number of hydrogen-bond donors (Lipinski definition) is 1. The highest BCUT2D eigenvalue weighted by Crippen LogP contribution is 2.37. The maximum atomic E-state index is 13.5. The summed E-state index contributed by atoms with van der Waals surface area (Å²) in [5, 5.41) is 2.80. The molecule has 140 valence electrons. The third-order valence-corrected chi connectivity index (χ3v) is 4.82. The number of hydrogen-bond acceptors (Lipinski definition) is 6. The number of carbonyl (C=O) groups is 2. The molecule has 3 amide bonds. The molecular formula is C18H17FN4O4. The number of halogens is 1. The molecule has 0 bridgehead atoms. The smallest absolute Gasteiger partial charge is 0.330 e. The first-order valence-electron chi connectivity index (χ1n) is 8.52. The van der Waals surface area contributed by atoms with E-state index in [0.29, 0.717) is 18.6 Å². The van der Waals surface area contributed by atoms with Crippen molar-refractivity contribution in [3.05, 3.63) is 36.4 Å². The van der Waals surface area contributed by atoms with Crippen molar-refractivity contribution in [3.8, 4) is 17.4 Å². The Morgan fingerprint density at radius 2 is 1.96 bits per heavy atom. The molecule has 1 saturated carbocycles. The van der Waals surface area contributed by atoms with Crippen LogP contribution in [0.4, 0.5) is 15.0 Å². The Morgan fingerprint density at radius 1 is 1.19 bits per heavy atom. The molecule has 9 heteroatoms. The lowest BCUT2D eigenvalue weighted by Crippen LogP contribution is -2.44. The Bertz CT molecular complexity index is 914. The fraction of sp³-hybridized carbons (Fsp3) is 0.333. The van der Waals surface area contributed by atoms with Crippen LogP contribution < -0.4 is 19.7 Å². The number of methoxy groups -OCH3 is 1. The first-order chi connectivity index (χ1) is 13.0. The molecule has 0 atom stereocenters. The molecule has 27 heavy (non-hydrogen) atoms. The number of anilines is 1. The number of ether oxygens (including phenoxy) is 2. The quantitative estimate of drug-likeness (QED) is 0.830. The molecule has 1 aromatic carbocycles. The van der Waals surface area contributed by atoms with Gasteiger partial charge < -0.3 is 14.8 Å². The zero-order chi connectivity index (χ0) is 19.0. The van der Waals surface area contributed by atoms with Crippen LogP contribution in [0.5, 0.6) is 17.4 Å². The van der Waals surface area contributed by atoms with Gasteiger partial charge in [-0.05, 0) is 25.0 Å². The SMILES string of the molecule is COc1cc(Oc2cc(N3C(=O)NC4(CCCC4)C3=O)ncn2)ccc1F. The van der Waals surface area contributed by atoms with E-state index in [4.69, 9.17) is 9.47 Å². The van der Waals surface area contributed by atoms with Crippen molar-refractivity contribution < 1.29 is 23.5 Å². The number of rotatable bonds is 4. The van der Waals surface area contributed by atoms with Crippen LogP contribution in [0, 0.1) is 5.82 Å². The van der Waals surface area contributed by atoms with Crippen LogP contribution in [-0.4, -0.2) is 34.6 Å². The Kier molecular flexibility index (Phi) is 4.14. The molecule has 8 nitrogen and oxygen atoms in total. The van der Waals surface area contributed by atoms with Gasteiger partial charge >= 0.3 is 6.03 Å². The molecule has 1 aliphatic heterocycles. The second kappa shape index (κ2) is 6.49. The molecule has 0 unspecified atom stereocenters. The normalized spacial score (nSPS) is 18.1. The van der Waals surface area contributed by atoms with Crippen molar-refractivity contribution in [2.45, 2.75) is 31.2 Å². The zero-order valence-electron chi connectivity index (χ0n) is 14.6. The Labute approximate surface area is 154 Å². The van der Waals surface area contributed by atoms with Crippen molar-refractivity contribution in [3.63, 3.8) is 0 Å². The first kappa shape index (κ1) is 17.2. The summed E-state index contributed by atoms with van der Waals surface area (Å²) in [6.07, 6.45) is 4.23. The van der Waals surface area contributed by atoms with E-state index in [0.717, 1.165) is 17.7 Å². The lowest BCUT2D eigenvalue weighted by Gasteiger charge is -2.19. The summed E-state index contributed by atoms with van der Waals surface area (Å²) in [5.74, 6) is -0.268. The van der Waals surface area contributed by atoms with Gasteiger partial charge in [0, 0.05) is 12.1 Å². The largest absolute Gasteiger partial charge is 0.494 e. The predicted octanol–water partition coefficient (Wildman–Crippen LogP) is 2.79. The van der Waals surface area contributed by atoms with Crippen LogP contribution >= 0.6 is 0 Å². The van der Waals surface area contributed by atoms with Crippen LogP contribution in [0.15, 0.2) is 30.6 Å². The molecule has 2 fully saturated rings. The molecule has 0 radical (unpaired) electrons. The highest BCUT2D eigenvalue weighted by Gasteiger charge is 2.53. The van der Waals surface area contributed by atoms with Gasteiger partial charge in [0.2, 0.25) is 5.88 Å². The average Bonchev–Trinajstić information content (AvgIpc) is 3.22. The van der Waals surface area contributed by atoms with Gasteiger partial charge in [-0.1, -0.05) is 12.8 Å². The number of urea groups is 1. The average molecular weight is 372 g/mol. The third-order valence-electron chi connectivity index (χ3n) is 4.82. The fourth-order valence-electron chi connectivity index (χ4n) is 3.48. The topological polar surface area (TPSA) is 93.7 Å². The van der Waals surface area contributed by atoms with E-state index in [9.17, 15) is 14.0 Å². The van der Waals surface area contributed by atoms with Gasteiger partial charge in [0.15, 0.2) is 17.4 Å². The molecule has 1 N–H and O–H groups in total. The Morgan fingerprint density at radius 3 is 2.70 bits per heavy atom. The summed E-state index contributed by atoms with van der Waals surface area (Å²) in [6.45, 7) is 0. The summed E-state index contributed by atoms with van der Waals surface area (Å²) >= 11 is 0. The number of benzene rings is 1. The number of aromatic nitrogens is 2. The third kappa shape index (κ3) is 2.94. The van der Waals surface area contributed by atoms with Gasteiger partial charge in [-0.3, -0.25) is 4.79 Å². The molecule has 2 aromatic rings. The minimum Gasteiger partial charge on any atom is -0.494 e. The molecule has 1 spiro atoms. The van der Waals surface area contributed by atoms with Crippen molar-refractivity contribution in [1.82, 2.24) is 15.3 Å². The van der Waals surface area contributed by atoms with E-state index in [1.807, 2.05) is 0 Å². The number of nitrogens with zero attached hydrogens (tertiary/aromatic N) is 3. The van der Waals surface area contributed by atoms with E-state index in [1.54, 1.807) is 0 Å². The van der Waals surface area contributed by atoms with Gasteiger partial charge in [-0.15, -0.1) is 0 Å². The minimum absolute atomic E-state index is 0.0269. The molecule has 2 aliphatic rings. The van der Waals surface area contributed by atoms with Gasteiger partial charge in [0.05, 0.1) is 7.11 Å². The van der Waals surface area contributed by atoms with Crippen molar-refractivity contribution in [1.29, 1.82) is 0 Å². The number of carbonyl (C=O) groups excluding carboxylic acids is 2. The lowest BCUT2D eigenvalue weighted by molar-refractivity contribution is -0.121. The molecule has 1 saturated heterocycles. The van der Waals surface area contributed by atoms with Crippen molar-refractivity contribution in [2.24, 2.45) is 0 Å². The fourth-order valence-corrected chi connectivity index (χ4v) is 3.48. The summed E-state index contributed by atoms with van der Waals surface area (Å²) in [5.41, 5.74) is -0.826. The molecule has 4 rings (SSSR count). The zero-order valence-corrected chi connectivity index (χ0v) is 14.6. The van der Waals surface area contributed by atoms with Crippen LogP contribution in [0.25, 0.3) is 0 Å². The van der Waals surface area contributed by atoms with Crippen LogP contribution in [0.3, 0.4) is 0 Å². The maximum Gasteiger partial charge on any atom is 0.330 e. The van der Waals surface area contributed by atoms with E-state index < -0.39 is 17.4 Å². The van der Waals surface area contributed by atoms with E-state index in [2.05, 4.69) is 15.3 Å². The molecule has 1 aliphatic carbocycles. The predicted molar refractivity (Wildman–Crippen MR) is 92.3 cm³/mol. The standard InChI is InChI=1S/C18H17FN4O4/c1-26-13-8-11(4-5-12(13)19)27-15-9-14(20-10-21-15)23-16(24)18(22-17(23)25)6-2-3-7-18/h4-5,8-10H,2-3,6-7H2,1H3,(H,22,25). The highest BCUT2D eigenvalue weighted by molar-refractivity contribution is 6.23. The first-order valence-corrected chi connectivity index (χ1v) is 8.52. The molecular weight excluding hydrogens is 355 g/mol. The van der Waals surface area contributed by atoms with Gasteiger partial charge in [0.1, 0.15) is 17.6 Å². The Balaban J connectivity index is 1.59. The van der Waals surface area contributed by atoms with E-state index >= 15 is 0 Å². The summed E-state index contributed by atoms with van der Waals surface area (Å²) in [6, 6.07) is 4.88. The number of amides is 3. The summed E-state index contributed by atoms with van der Waals surface area (Å²) in [4.78, 5) is 34.2. The minimum atomic E-state index is -0.826. The number of imide groups is 1. The maximum absolute atomic E-state index is 13.5. The van der Waals surface area contributed by atoms with Crippen LogP contribution in [-0.2, 0) is 4.79 Å². The van der Waals surface area contributed by atoms with Gasteiger partial charge in [-0.2, -0.15) is 0 Å².